The quantitative estimate of drug-likeness (QED) is 0.651. The highest BCUT2D eigenvalue weighted by atomic mass is 16.1. The largest absolute Gasteiger partial charge is 0.299 e. The number of fused-ring (bicyclic) bond motifs is 5. The molecule has 0 aromatic rings. The Kier molecular flexibility index (Phi) is 3.73. The fraction of sp³-hybridized carbons (Fsp3) is 0.739. The van der Waals surface area contributed by atoms with Crippen molar-refractivity contribution in [3.05, 3.63) is 23.3 Å². The van der Waals surface area contributed by atoms with Crippen LogP contribution in [0, 0.1) is 34.5 Å². The monoisotopic (exact) mass is 340 g/mol. The van der Waals surface area contributed by atoms with Crippen LogP contribution in [0.25, 0.3) is 0 Å². The van der Waals surface area contributed by atoms with Crippen molar-refractivity contribution in [1.29, 1.82) is 0 Å². The molecule has 0 bridgehead atoms. The Balaban J connectivity index is 1.83. The zero-order chi connectivity index (χ0) is 18.1. The van der Waals surface area contributed by atoms with E-state index in [0.29, 0.717) is 41.7 Å². The molecular weight excluding hydrogens is 308 g/mol. The molecule has 0 amide bonds. The van der Waals surface area contributed by atoms with Crippen molar-refractivity contribution < 1.29 is 9.59 Å². The molecule has 2 nitrogen and oxygen atoms in total. The van der Waals surface area contributed by atoms with E-state index in [4.69, 9.17) is 0 Å². The Morgan fingerprint density at radius 3 is 2.52 bits per heavy atom. The van der Waals surface area contributed by atoms with Crippen molar-refractivity contribution in [1.82, 2.24) is 0 Å². The maximum atomic E-state index is 12.6. The Bertz CT molecular complexity index is 699. The minimum atomic E-state index is -0.0970. The standard InChI is InChI=1S/C23H32O2/c1-6-15-12-19(24)14(3)21-13(2)11-16-17-7-8-20(25)22(17,4)10-9-18(16)23(15,21)5/h15-18H,2,6-12H2,1,3-5H3/t15?,16-,17-,18+,22-,23+/m0/s1. The van der Waals surface area contributed by atoms with Crippen LogP contribution >= 0.6 is 0 Å². The molecule has 1 unspecified atom stereocenters. The molecule has 0 saturated heterocycles. The van der Waals surface area contributed by atoms with Gasteiger partial charge in [-0.25, -0.2) is 0 Å². The number of hydrogen-bond acceptors (Lipinski definition) is 2. The van der Waals surface area contributed by atoms with Gasteiger partial charge in [0.2, 0.25) is 0 Å². The van der Waals surface area contributed by atoms with Gasteiger partial charge in [0, 0.05) is 18.3 Å². The van der Waals surface area contributed by atoms with Crippen LogP contribution in [0.1, 0.15) is 72.6 Å². The summed E-state index contributed by atoms with van der Waals surface area (Å²) in [5.41, 5.74) is 3.44. The molecule has 2 heteroatoms. The molecule has 3 fully saturated rings. The first-order chi connectivity index (χ1) is 11.7. The van der Waals surface area contributed by atoms with Crippen LogP contribution < -0.4 is 0 Å². The van der Waals surface area contributed by atoms with Gasteiger partial charge in [0.25, 0.3) is 0 Å². The molecule has 0 aromatic heterocycles. The minimum Gasteiger partial charge on any atom is -0.299 e. The predicted octanol–water partition coefficient (Wildman–Crippen LogP) is 5.28. The van der Waals surface area contributed by atoms with E-state index in [1.807, 2.05) is 6.92 Å². The Labute approximate surface area is 152 Å². The number of allylic oxidation sites excluding steroid dienone is 2. The molecule has 4 aliphatic carbocycles. The second kappa shape index (κ2) is 5.41. The highest BCUT2D eigenvalue weighted by Gasteiger charge is 2.61. The van der Waals surface area contributed by atoms with Gasteiger partial charge in [-0.3, -0.25) is 9.59 Å². The lowest BCUT2D eigenvalue weighted by Crippen LogP contribution is -2.54. The van der Waals surface area contributed by atoms with E-state index in [1.54, 1.807) is 0 Å². The van der Waals surface area contributed by atoms with Gasteiger partial charge < -0.3 is 0 Å². The molecule has 4 rings (SSSR count). The van der Waals surface area contributed by atoms with Gasteiger partial charge >= 0.3 is 0 Å². The molecule has 136 valence electrons. The average molecular weight is 341 g/mol. The van der Waals surface area contributed by atoms with Crippen molar-refractivity contribution >= 4 is 11.6 Å². The van der Waals surface area contributed by atoms with Crippen LogP contribution in [-0.4, -0.2) is 11.6 Å². The summed E-state index contributed by atoms with van der Waals surface area (Å²) in [6.07, 6.45) is 6.74. The first-order valence-corrected chi connectivity index (χ1v) is 10.2. The van der Waals surface area contributed by atoms with Crippen LogP contribution in [-0.2, 0) is 9.59 Å². The van der Waals surface area contributed by atoms with Crippen LogP contribution in [0.4, 0.5) is 0 Å². The molecule has 25 heavy (non-hydrogen) atoms. The fourth-order valence-electron chi connectivity index (χ4n) is 7.51. The van der Waals surface area contributed by atoms with Crippen LogP contribution in [0.5, 0.6) is 0 Å². The number of carbonyl (C=O) groups is 2. The normalized spacial score (nSPS) is 46.8. The third-order valence-electron chi connectivity index (χ3n) is 8.86. The maximum absolute atomic E-state index is 12.6. The van der Waals surface area contributed by atoms with Gasteiger partial charge in [0.05, 0.1) is 0 Å². The van der Waals surface area contributed by atoms with E-state index in [2.05, 4.69) is 27.4 Å². The zero-order valence-corrected chi connectivity index (χ0v) is 16.3. The Morgan fingerprint density at radius 2 is 1.84 bits per heavy atom. The van der Waals surface area contributed by atoms with Gasteiger partial charge in [-0.1, -0.05) is 39.3 Å². The maximum Gasteiger partial charge on any atom is 0.159 e. The molecule has 6 atom stereocenters. The van der Waals surface area contributed by atoms with E-state index >= 15 is 0 Å². The third-order valence-corrected chi connectivity index (χ3v) is 8.86. The zero-order valence-electron chi connectivity index (χ0n) is 16.3. The van der Waals surface area contributed by atoms with E-state index < -0.39 is 0 Å². The average Bonchev–Trinajstić information content (AvgIpc) is 2.86. The summed E-state index contributed by atoms with van der Waals surface area (Å²) >= 11 is 0. The van der Waals surface area contributed by atoms with Gasteiger partial charge in [0.1, 0.15) is 5.78 Å². The summed E-state index contributed by atoms with van der Waals surface area (Å²) in [5.74, 6) is 2.94. The summed E-state index contributed by atoms with van der Waals surface area (Å²) in [5, 5.41) is 0. The lowest BCUT2D eigenvalue weighted by atomic mass is 9.43. The second-order valence-corrected chi connectivity index (χ2v) is 9.62. The summed E-state index contributed by atoms with van der Waals surface area (Å²) in [4.78, 5) is 25.2. The molecule has 3 saturated carbocycles. The first kappa shape index (κ1) is 17.2. The lowest BCUT2D eigenvalue weighted by Gasteiger charge is -2.60. The summed E-state index contributed by atoms with van der Waals surface area (Å²) < 4.78 is 0. The highest BCUT2D eigenvalue weighted by molar-refractivity contribution is 5.98. The number of ketones is 2. The molecular formula is C23H32O2. The number of carbonyl (C=O) groups excluding carboxylic acids is 2. The van der Waals surface area contributed by atoms with E-state index in [1.165, 1.54) is 11.1 Å². The Hall–Kier alpha value is -1.18. The number of rotatable bonds is 1. The van der Waals surface area contributed by atoms with Crippen molar-refractivity contribution in [3.8, 4) is 0 Å². The number of Topliss-reactive ketones (excluding diaryl/α,β-unsaturated/α-hetero) is 2. The summed E-state index contributed by atoms with van der Waals surface area (Å²) in [7, 11) is 0. The molecule has 0 heterocycles. The van der Waals surface area contributed by atoms with E-state index in [-0.39, 0.29) is 10.8 Å². The molecule has 0 aromatic carbocycles. The molecule has 0 N–H and O–H groups in total. The van der Waals surface area contributed by atoms with Gasteiger partial charge in [-0.2, -0.15) is 0 Å². The third kappa shape index (κ3) is 2.03. The predicted molar refractivity (Wildman–Crippen MR) is 100 cm³/mol. The topological polar surface area (TPSA) is 34.1 Å². The second-order valence-electron chi connectivity index (χ2n) is 9.62. The minimum absolute atomic E-state index is 0.0692. The molecule has 4 aliphatic rings. The first-order valence-electron chi connectivity index (χ1n) is 10.2. The SMILES string of the molecule is C=C1C[C@@H]2[C@@H](CC[C@]3(C)C(=O)CC[C@@H]23)[C@]2(C)C1=C(C)C(=O)CC2CC. The van der Waals surface area contributed by atoms with Crippen molar-refractivity contribution in [2.24, 2.45) is 34.5 Å². The lowest BCUT2D eigenvalue weighted by molar-refractivity contribution is -0.133. The van der Waals surface area contributed by atoms with E-state index in [9.17, 15) is 9.59 Å². The molecule has 0 radical (unpaired) electrons. The van der Waals surface area contributed by atoms with E-state index in [0.717, 1.165) is 44.1 Å². The highest BCUT2D eigenvalue weighted by Crippen LogP contribution is 2.67. The van der Waals surface area contributed by atoms with Crippen molar-refractivity contribution in [3.63, 3.8) is 0 Å². The van der Waals surface area contributed by atoms with Crippen LogP contribution in [0.2, 0.25) is 0 Å². The molecule has 0 spiro atoms. The van der Waals surface area contributed by atoms with Gasteiger partial charge in [-0.05, 0) is 72.8 Å². The fourth-order valence-corrected chi connectivity index (χ4v) is 7.51. The van der Waals surface area contributed by atoms with Crippen LogP contribution in [0.15, 0.2) is 23.3 Å². The van der Waals surface area contributed by atoms with Crippen molar-refractivity contribution in [2.75, 3.05) is 0 Å². The molecule has 0 aliphatic heterocycles. The Morgan fingerprint density at radius 1 is 1.12 bits per heavy atom. The summed E-state index contributed by atoms with van der Waals surface area (Å²) in [6, 6.07) is 0. The smallest absolute Gasteiger partial charge is 0.159 e. The van der Waals surface area contributed by atoms with Crippen LogP contribution in [0.3, 0.4) is 0 Å². The van der Waals surface area contributed by atoms with Gasteiger partial charge in [-0.15, -0.1) is 0 Å². The number of hydrogen-bond donors (Lipinski definition) is 0. The summed E-state index contributed by atoms with van der Waals surface area (Å²) in [6.45, 7) is 13.4. The van der Waals surface area contributed by atoms with Gasteiger partial charge in [0.15, 0.2) is 5.78 Å². The van der Waals surface area contributed by atoms with Crippen molar-refractivity contribution in [2.45, 2.75) is 72.6 Å².